The van der Waals surface area contributed by atoms with Gasteiger partial charge in [-0.25, -0.2) is 0 Å². The number of nitrogens with two attached hydrogens (primary N) is 1. The van der Waals surface area contributed by atoms with Crippen LogP contribution in [0.4, 0.5) is 0 Å². The molecule has 2 rings (SSSR count). The van der Waals surface area contributed by atoms with Gasteiger partial charge in [-0.1, -0.05) is 25.1 Å². The summed E-state index contributed by atoms with van der Waals surface area (Å²) in [4.78, 5) is 40.0. The number of pyridine rings is 1. The van der Waals surface area contributed by atoms with Gasteiger partial charge >= 0.3 is 5.97 Å². The Bertz CT molecular complexity index is 791. The highest BCUT2D eigenvalue weighted by atomic mass is 16.5. The standard InChI is InChI=1S/C18H21N3O4/c1-3-25-18(24)11(2)8-15(16(19)22)21-17(23)13-9-12-6-4-5-7-14(12)20-10-13/h4-7,9-11,15H,3,8H2,1-2H3,(H2,19,22)(H,21,23)/t11-,15-/m1/s1. The summed E-state index contributed by atoms with van der Waals surface area (Å²) in [5.41, 5.74) is 6.43. The lowest BCUT2D eigenvalue weighted by molar-refractivity contribution is -0.147. The highest BCUT2D eigenvalue weighted by Gasteiger charge is 2.25. The van der Waals surface area contributed by atoms with Crippen molar-refractivity contribution < 1.29 is 19.1 Å². The summed E-state index contributed by atoms with van der Waals surface area (Å²) < 4.78 is 4.91. The summed E-state index contributed by atoms with van der Waals surface area (Å²) in [6, 6.07) is 8.09. The second-order valence-corrected chi connectivity index (χ2v) is 5.73. The first-order valence-electron chi connectivity index (χ1n) is 8.04. The number of primary amides is 1. The number of amides is 2. The molecule has 0 spiro atoms. The zero-order chi connectivity index (χ0) is 18.4. The molecule has 2 aromatic rings. The summed E-state index contributed by atoms with van der Waals surface area (Å²) in [6.45, 7) is 3.57. The van der Waals surface area contributed by atoms with E-state index in [1.54, 1.807) is 19.9 Å². The highest BCUT2D eigenvalue weighted by molar-refractivity contribution is 5.99. The number of ether oxygens (including phenoxy) is 1. The lowest BCUT2D eigenvalue weighted by Crippen LogP contribution is -2.46. The second kappa shape index (κ2) is 8.23. The summed E-state index contributed by atoms with van der Waals surface area (Å²) in [7, 11) is 0. The Kier molecular flexibility index (Phi) is 6.05. The number of rotatable bonds is 7. The van der Waals surface area contributed by atoms with E-state index in [0.717, 1.165) is 10.9 Å². The van der Waals surface area contributed by atoms with E-state index in [0.29, 0.717) is 5.56 Å². The maximum absolute atomic E-state index is 12.4. The van der Waals surface area contributed by atoms with Crippen molar-refractivity contribution in [2.24, 2.45) is 11.7 Å². The fraction of sp³-hybridized carbons (Fsp3) is 0.333. The number of fused-ring (bicyclic) bond motifs is 1. The first-order valence-corrected chi connectivity index (χ1v) is 8.04. The Balaban J connectivity index is 2.10. The zero-order valence-corrected chi connectivity index (χ0v) is 14.2. The molecule has 132 valence electrons. The molecule has 0 bridgehead atoms. The molecular weight excluding hydrogens is 322 g/mol. The smallest absolute Gasteiger partial charge is 0.308 e. The molecule has 0 aliphatic rings. The van der Waals surface area contributed by atoms with Crippen LogP contribution in [0.15, 0.2) is 36.5 Å². The number of hydrogen-bond acceptors (Lipinski definition) is 5. The molecule has 0 aliphatic carbocycles. The van der Waals surface area contributed by atoms with Crippen LogP contribution in [0.1, 0.15) is 30.6 Å². The third-order valence-corrected chi connectivity index (χ3v) is 3.78. The van der Waals surface area contributed by atoms with Crippen LogP contribution < -0.4 is 11.1 Å². The van der Waals surface area contributed by atoms with Crippen molar-refractivity contribution in [2.75, 3.05) is 6.61 Å². The maximum atomic E-state index is 12.4. The van der Waals surface area contributed by atoms with Crippen molar-refractivity contribution in [3.05, 3.63) is 42.1 Å². The minimum atomic E-state index is -0.974. The number of esters is 1. The van der Waals surface area contributed by atoms with Gasteiger partial charge in [0.15, 0.2) is 0 Å². The van der Waals surface area contributed by atoms with Gasteiger partial charge in [-0.3, -0.25) is 19.4 Å². The van der Waals surface area contributed by atoms with Crippen LogP contribution in [0.2, 0.25) is 0 Å². The average molecular weight is 343 g/mol. The third-order valence-electron chi connectivity index (χ3n) is 3.78. The van der Waals surface area contributed by atoms with E-state index < -0.39 is 29.7 Å². The molecule has 0 saturated carbocycles. The van der Waals surface area contributed by atoms with Crippen molar-refractivity contribution in [1.29, 1.82) is 0 Å². The lowest BCUT2D eigenvalue weighted by Gasteiger charge is -2.19. The van der Waals surface area contributed by atoms with Crippen molar-refractivity contribution >= 4 is 28.7 Å². The van der Waals surface area contributed by atoms with Crippen LogP contribution in [0.25, 0.3) is 10.9 Å². The van der Waals surface area contributed by atoms with Gasteiger partial charge in [0.1, 0.15) is 6.04 Å². The number of nitrogens with zero attached hydrogens (tertiary/aromatic N) is 1. The Labute approximate surface area is 145 Å². The first kappa shape index (κ1) is 18.4. The minimum Gasteiger partial charge on any atom is -0.466 e. The topological polar surface area (TPSA) is 111 Å². The van der Waals surface area contributed by atoms with Gasteiger partial charge in [-0.2, -0.15) is 0 Å². The largest absolute Gasteiger partial charge is 0.466 e. The Hall–Kier alpha value is -2.96. The fourth-order valence-electron chi connectivity index (χ4n) is 2.42. The van der Waals surface area contributed by atoms with Crippen molar-refractivity contribution in [3.63, 3.8) is 0 Å². The second-order valence-electron chi connectivity index (χ2n) is 5.73. The van der Waals surface area contributed by atoms with E-state index in [1.807, 2.05) is 24.3 Å². The number of nitrogens with one attached hydrogen (secondary N) is 1. The van der Waals surface area contributed by atoms with Gasteiger partial charge in [0.25, 0.3) is 5.91 Å². The average Bonchev–Trinajstić information content (AvgIpc) is 2.60. The van der Waals surface area contributed by atoms with Crippen LogP contribution in [0.5, 0.6) is 0 Å². The predicted octanol–water partition coefficient (Wildman–Crippen LogP) is 1.41. The number of hydrogen-bond donors (Lipinski definition) is 2. The Morgan fingerprint density at radius 2 is 2.00 bits per heavy atom. The van der Waals surface area contributed by atoms with E-state index in [2.05, 4.69) is 10.3 Å². The molecule has 2 amide bonds. The first-order chi connectivity index (χ1) is 11.9. The van der Waals surface area contributed by atoms with Gasteiger partial charge in [-0.15, -0.1) is 0 Å². The molecule has 0 fully saturated rings. The van der Waals surface area contributed by atoms with Crippen LogP contribution in [0.3, 0.4) is 0 Å². The molecule has 0 radical (unpaired) electrons. The SMILES string of the molecule is CCOC(=O)[C@H](C)C[C@@H](NC(=O)c1cnc2ccccc2c1)C(N)=O. The summed E-state index contributed by atoms with van der Waals surface area (Å²) in [5.74, 6) is -2.18. The molecule has 7 nitrogen and oxygen atoms in total. The summed E-state index contributed by atoms with van der Waals surface area (Å²) in [6.07, 6.45) is 1.51. The predicted molar refractivity (Wildman–Crippen MR) is 92.6 cm³/mol. The van der Waals surface area contributed by atoms with E-state index in [9.17, 15) is 14.4 Å². The van der Waals surface area contributed by atoms with Crippen molar-refractivity contribution in [2.45, 2.75) is 26.3 Å². The molecule has 7 heteroatoms. The molecule has 1 aromatic heterocycles. The number of para-hydroxylation sites is 1. The Morgan fingerprint density at radius 1 is 1.28 bits per heavy atom. The molecule has 0 unspecified atom stereocenters. The molecule has 1 aromatic carbocycles. The number of carbonyl (C=O) groups is 3. The third kappa shape index (κ3) is 4.76. The van der Waals surface area contributed by atoms with Crippen molar-refractivity contribution in [3.8, 4) is 0 Å². The zero-order valence-electron chi connectivity index (χ0n) is 14.2. The van der Waals surface area contributed by atoms with Gasteiger partial charge in [0, 0.05) is 11.6 Å². The van der Waals surface area contributed by atoms with Crippen LogP contribution in [-0.4, -0.2) is 35.4 Å². The maximum Gasteiger partial charge on any atom is 0.308 e. The van der Waals surface area contributed by atoms with Gasteiger partial charge < -0.3 is 15.8 Å². The van der Waals surface area contributed by atoms with Crippen LogP contribution in [0, 0.1) is 5.92 Å². The van der Waals surface area contributed by atoms with Gasteiger partial charge in [0.05, 0.1) is 23.6 Å². The fourth-order valence-corrected chi connectivity index (χ4v) is 2.42. The molecule has 3 N–H and O–H groups in total. The summed E-state index contributed by atoms with van der Waals surface area (Å²) >= 11 is 0. The normalized spacial score (nSPS) is 13.0. The lowest BCUT2D eigenvalue weighted by atomic mass is 10.0. The molecule has 2 atom stereocenters. The molecule has 25 heavy (non-hydrogen) atoms. The van der Waals surface area contributed by atoms with E-state index in [1.165, 1.54) is 6.20 Å². The van der Waals surface area contributed by atoms with E-state index in [-0.39, 0.29) is 13.0 Å². The van der Waals surface area contributed by atoms with Gasteiger partial charge in [0.2, 0.25) is 5.91 Å². The number of carbonyl (C=O) groups excluding carboxylic acids is 3. The molecule has 0 saturated heterocycles. The van der Waals surface area contributed by atoms with Crippen LogP contribution in [-0.2, 0) is 14.3 Å². The number of benzene rings is 1. The summed E-state index contributed by atoms with van der Waals surface area (Å²) in [5, 5.41) is 3.37. The monoisotopic (exact) mass is 343 g/mol. The van der Waals surface area contributed by atoms with E-state index >= 15 is 0 Å². The van der Waals surface area contributed by atoms with E-state index in [4.69, 9.17) is 10.5 Å². The Morgan fingerprint density at radius 3 is 2.68 bits per heavy atom. The highest BCUT2D eigenvalue weighted by Crippen LogP contribution is 2.14. The quantitative estimate of drug-likeness (QED) is 0.738. The number of aromatic nitrogens is 1. The van der Waals surface area contributed by atoms with Crippen LogP contribution >= 0.6 is 0 Å². The molecule has 1 heterocycles. The molecule has 0 aliphatic heterocycles. The van der Waals surface area contributed by atoms with Crippen molar-refractivity contribution in [1.82, 2.24) is 10.3 Å². The molecular formula is C18H21N3O4. The minimum absolute atomic E-state index is 0.0704. The van der Waals surface area contributed by atoms with Gasteiger partial charge in [-0.05, 0) is 25.5 Å².